The maximum absolute atomic E-state index is 13.3. The van der Waals surface area contributed by atoms with Crippen LogP contribution in [-0.4, -0.2) is 42.8 Å². The molecule has 2 aromatic carbocycles. The summed E-state index contributed by atoms with van der Waals surface area (Å²) in [6.07, 6.45) is 0.822. The molecule has 26 heavy (non-hydrogen) atoms. The molecule has 0 saturated carbocycles. The number of halogens is 1. The molecule has 0 bridgehead atoms. The van der Waals surface area contributed by atoms with Gasteiger partial charge in [-0.1, -0.05) is 36.4 Å². The lowest BCUT2D eigenvalue weighted by Gasteiger charge is -2.38. The summed E-state index contributed by atoms with van der Waals surface area (Å²) in [7, 11) is 1.69. The maximum Gasteiger partial charge on any atom is 0.237 e. The third-order valence-corrected chi connectivity index (χ3v) is 6.25. The molecule has 2 atom stereocenters. The van der Waals surface area contributed by atoms with Crippen LogP contribution in [0.3, 0.4) is 0 Å². The molecule has 0 spiro atoms. The second kappa shape index (κ2) is 8.33. The number of thioether (sulfide) groups is 1. The number of carbonyl (C=O) groups is 1. The zero-order valence-electron chi connectivity index (χ0n) is 14.7. The molecule has 2 heterocycles. The van der Waals surface area contributed by atoms with Gasteiger partial charge in [0.2, 0.25) is 5.91 Å². The minimum Gasteiger partial charge on any atom is -0.496 e. The second-order valence-corrected chi connectivity index (χ2v) is 7.66. The van der Waals surface area contributed by atoms with E-state index in [1.807, 2.05) is 29.2 Å². The van der Waals surface area contributed by atoms with Gasteiger partial charge >= 0.3 is 0 Å². The third-order valence-electron chi connectivity index (χ3n) is 4.95. The Labute approximate surface area is 164 Å². The van der Waals surface area contributed by atoms with E-state index in [0.717, 1.165) is 37.4 Å². The van der Waals surface area contributed by atoms with Gasteiger partial charge in [0, 0.05) is 30.1 Å². The van der Waals surface area contributed by atoms with Gasteiger partial charge in [0.05, 0.1) is 18.4 Å². The Kier molecular flexibility index (Phi) is 6.12. The van der Waals surface area contributed by atoms with Gasteiger partial charge in [-0.25, -0.2) is 0 Å². The van der Waals surface area contributed by atoms with Crippen molar-refractivity contribution in [2.45, 2.75) is 22.6 Å². The highest BCUT2D eigenvalue weighted by atomic mass is 35.5. The molecular formula is C20H23ClN2O2S. The number of hydrogen-bond acceptors (Lipinski definition) is 4. The molecule has 0 aliphatic carbocycles. The van der Waals surface area contributed by atoms with E-state index in [1.165, 1.54) is 10.5 Å². The highest BCUT2D eigenvalue weighted by Crippen LogP contribution is 2.39. The average molecular weight is 391 g/mol. The monoisotopic (exact) mass is 390 g/mol. The number of hydrogen-bond donors (Lipinski definition) is 1. The van der Waals surface area contributed by atoms with Crippen molar-refractivity contribution >= 4 is 30.1 Å². The van der Waals surface area contributed by atoms with E-state index < -0.39 is 0 Å². The SMILES string of the molecule is COc1ccccc1C1CNCCN1C(=O)C1Cc2ccccc2S1.Cl. The molecule has 2 aromatic rings. The van der Waals surface area contributed by atoms with Crippen LogP contribution in [0.1, 0.15) is 17.2 Å². The van der Waals surface area contributed by atoms with Gasteiger partial charge in [0.1, 0.15) is 5.75 Å². The molecule has 1 N–H and O–H groups in total. The van der Waals surface area contributed by atoms with Crippen molar-refractivity contribution in [2.24, 2.45) is 0 Å². The summed E-state index contributed by atoms with van der Waals surface area (Å²) >= 11 is 1.70. The number of carbonyl (C=O) groups excluding carboxylic acids is 1. The summed E-state index contributed by atoms with van der Waals surface area (Å²) in [6.45, 7) is 2.33. The third kappa shape index (κ3) is 3.56. The molecule has 4 nitrogen and oxygen atoms in total. The minimum absolute atomic E-state index is 0. The summed E-state index contributed by atoms with van der Waals surface area (Å²) in [5.74, 6) is 1.08. The molecule has 1 saturated heterocycles. The Bertz CT molecular complexity index is 761. The van der Waals surface area contributed by atoms with Crippen LogP contribution in [0.25, 0.3) is 0 Å². The zero-order chi connectivity index (χ0) is 17.2. The number of fused-ring (bicyclic) bond motifs is 1. The van der Waals surface area contributed by atoms with Gasteiger partial charge in [-0.2, -0.15) is 0 Å². The van der Waals surface area contributed by atoms with Crippen LogP contribution in [0, 0.1) is 0 Å². The topological polar surface area (TPSA) is 41.6 Å². The van der Waals surface area contributed by atoms with E-state index in [-0.39, 0.29) is 29.6 Å². The van der Waals surface area contributed by atoms with Crippen molar-refractivity contribution in [2.75, 3.05) is 26.7 Å². The van der Waals surface area contributed by atoms with Gasteiger partial charge in [0.15, 0.2) is 0 Å². The summed E-state index contributed by atoms with van der Waals surface area (Å²) in [5.41, 5.74) is 2.36. The van der Waals surface area contributed by atoms with Crippen LogP contribution in [0.15, 0.2) is 53.4 Å². The van der Waals surface area contributed by atoms with Crippen molar-refractivity contribution in [3.05, 3.63) is 59.7 Å². The van der Waals surface area contributed by atoms with Crippen molar-refractivity contribution in [1.29, 1.82) is 0 Å². The Hall–Kier alpha value is -1.69. The first-order chi connectivity index (χ1) is 12.3. The fraction of sp³-hybridized carbons (Fsp3) is 0.350. The van der Waals surface area contributed by atoms with Crippen LogP contribution in [0.5, 0.6) is 5.75 Å². The van der Waals surface area contributed by atoms with E-state index in [4.69, 9.17) is 4.74 Å². The van der Waals surface area contributed by atoms with Crippen LogP contribution in [-0.2, 0) is 11.2 Å². The van der Waals surface area contributed by atoms with Crippen molar-refractivity contribution in [1.82, 2.24) is 10.2 Å². The van der Waals surface area contributed by atoms with Crippen LogP contribution in [0.2, 0.25) is 0 Å². The predicted octanol–water partition coefficient (Wildman–Crippen LogP) is 3.31. The van der Waals surface area contributed by atoms with Crippen LogP contribution < -0.4 is 10.1 Å². The number of nitrogens with one attached hydrogen (secondary N) is 1. The van der Waals surface area contributed by atoms with Crippen LogP contribution >= 0.6 is 24.2 Å². The van der Waals surface area contributed by atoms with E-state index in [0.29, 0.717) is 0 Å². The second-order valence-electron chi connectivity index (χ2n) is 6.41. The van der Waals surface area contributed by atoms with Gasteiger partial charge in [-0.15, -0.1) is 24.2 Å². The number of piperazine rings is 1. The largest absolute Gasteiger partial charge is 0.496 e. The smallest absolute Gasteiger partial charge is 0.237 e. The fourth-order valence-electron chi connectivity index (χ4n) is 3.69. The highest BCUT2D eigenvalue weighted by molar-refractivity contribution is 8.01. The summed E-state index contributed by atoms with van der Waals surface area (Å²) < 4.78 is 5.53. The molecule has 2 aliphatic rings. The van der Waals surface area contributed by atoms with E-state index in [9.17, 15) is 4.79 Å². The molecule has 0 radical (unpaired) electrons. The summed E-state index contributed by atoms with van der Waals surface area (Å²) in [4.78, 5) is 16.6. The normalized spacial score (nSPS) is 21.7. The van der Waals surface area contributed by atoms with Gasteiger partial charge in [-0.05, 0) is 24.1 Å². The molecule has 2 aliphatic heterocycles. The number of benzene rings is 2. The Morgan fingerprint density at radius 2 is 1.96 bits per heavy atom. The van der Waals surface area contributed by atoms with Crippen molar-refractivity contribution < 1.29 is 9.53 Å². The first-order valence-electron chi connectivity index (χ1n) is 8.66. The molecule has 2 unspecified atom stereocenters. The van der Waals surface area contributed by atoms with Gasteiger partial charge in [0.25, 0.3) is 0 Å². The van der Waals surface area contributed by atoms with Crippen molar-refractivity contribution in [3.63, 3.8) is 0 Å². The maximum atomic E-state index is 13.3. The van der Waals surface area contributed by atoms with Gasteiger partial charge < -0.3 is 15.0 Å². The molecular weight excluding hydrogens is 368 g/mol. The lowest BCUT2D eigenvalue weighted by atomic mass is 10.0. The first-order valence-corrected chi connectivity index (χ1v) is 9.54. The first kappa shape index (κ1) is 19.1. The van der Waals surface area contributed by atoms with Crippen molar-refractivity contribution in [3.8, 4) is 5.75 Å². The molecule has 1 fully saturated rings. The molecule has 0 aromatic heterocycles. The van der Waals surface area contributed by atoms with E-state index in [2.05, 4.69) is 29.6 Å². The number of amides is 1. The number of rotatable bonds is 3. The Morgan fingerprint density at radius 1 is 1.19 bits per heavy atom. The predicted molar refractivity (Wildman–Crippen MR) is 107 cm³/mol. The van der Waals surface area contributed by atoms with E-state index >= 15 is 0 Å². The lowest BCUT2D eigenvalue weighted by molar-refractivity contribution is -0.133. The highest BCUT2D eigenvalue weighted by Gasteiger charge is 2.36. The Morgan fingerprint density at radius 3 is 2.77 bits per heavy atom. The lowest BCUT2D eigenvalue weighted by Crippen LogP contribution is -2.51. The standard InChI is InChI=1S/C20H22N2O2S.ClH/c1-24-17-8-4-3-7-15(17)16-13-21-10-11-22(16)20(23)19-12-14-6-2-5-9-18(14)25-19;/h2-9,16,19,21H,10-13H2,1H3;1H. The average Bonchev–Trinajstić information content (AvgIpc) is 3.11. The number of ether oxygens (including phenoxy) is 1. The molecule has 1 amide bonds. The number of nitrogens with zero attached hydrogens (tertiary/aromatic N) is 1. The summed E-state index contributed by atoms with van der Waals surface area (Å²) in [5, 5.41) is 3.40. The quantitative estimate of drug-likeness (QED) is 0.873. The van der Waals surface area contributed by atoms with E-state index in [1.54, 1.807) is 18.9 Å². The number of para-hydroxylation sites is 1. The molecule has 4 rings (SSSR count). The number of methoxy groups -OCH3 is 1. The fourth-order valence-corrected chi connectivity index (χ4v) is 4.96. The summed E-state index contributed by atoms with van der Waals surface area (Å²) in [6, 6.07) is 16.4. The minimum atomic E-state index is -0.0206. The zero-order valence-corrected chi connectivity index (χ0v) is 16.3. The molecule has 138 valence electrons. The molecule has 6 heteroatoms. The Balaban J connectivity index is 0.00000196. The van der Waals surface area contributed by atoms with Crippen LogP contribution in [0.4, 0.5) is 0 Å². The van der Waals surface area contributed by atoms with Gasteiger partial charge in [-0.3, -0.25) is 4.79 Å².